The Morgan fingerprint density at radius 1 is 1.33 bits per heavy atom. The SMILES string of the molecule is Cc1cc(-c2cc3cnc(NC(=O)C4CC4)cc3n2CO)ccn1. The zero-order chi connectivity index (χ0) is 16.7. The van der Waals surface area contributed by atoms with E-state index in [1.165, 1.54) is 0 Å². The van der Waals surface area contributed by atoms with Gasteiger partial charge in [-0.15, -0.1) is 0 Å². The highest BCUT2D eigenvalue weighted by Gasteiger charge is 2.29. The molecule has 6 heteroatoms. The van der Waals surface area contributed by atoms with Gasteiger partial charge in [-0.25, -0.2) is 4.98 Å². The van der Waals surface area contributed by atoms with E-state index in [9.17, 15) is 9.90 Å². The molecule has 1 aliphatic rings. The minimum atomic E-state index is -0.153. The third-order valence-electron chi connectivity index (χ3n) is 4.32. The Balaban J connectivity index is 1.77. The normalized spacial score (nSPS) is 14.1. The first-order chi connectivity index (χ1) is 11.7. The molecule has 0 radical (unpaired) electrons. The predicted molar refractivity (Wildman–Crippen MR) is 91.3 cm³/mol. The Morgan fingerprint density at radius 3 is 2.88 bits per heavy atom. The summed E-state index contributed by atoms with van der Waals surface area (Å²) in [5, 5.41) is 13.6. The van der Waals surface area contributed by atoms with Crippen molar-refractivity contribution in [2.24, 2.45) is 5.92 Å². The third-order valence-corrected chi connectivity index (χ3v) is 4.32. The number of carbonyl (C=O) groups is 1. The van der Waals surface area contributed by atoms with Gasteiger partial charge in [-0.2, -0.15) is 0 Å². The summed E-state index contributed by atoms with van der Waals surface area (Å²) in [5.41, 5.74) is 3.63. The van der Waals surface area contributed by atoms with Gasteiger partial charge in [-0.3, -0.25) is 9.78 Å². The molecule has 3 aromatic rings. The van der Waals surface area contributed by atoms with Crippen molar-refractivity contribution in [3.8, 4) is 11.3 Å². The molecule has 0 spiro atoms. The highest BCUT2D eigenvalue weighted by Crippen LogP contribution is 2.31. The van der Waals surface area contributed by atoms with Crippen molar-refractivity contribution >= 4 is 22.6 Å². The molecule has 0 aromatic carbocycles. The summed E-state index contributed by atoms with van der Waals surface area (Å²) in [5.74, 6) is 0.668. The number of amides is 1. The van der Waals surface area contributed by atoms with Gasteiger partial charge in [0.15, 0.2) is 0 Å². The molecule has 1 amide bonds. The van der Waals surface area contributed by atoms with Crippen LogP contribution in [0.4, 0.5) is 5.82 Å². The largest absolute Gasteiger partial charge is 0.376 e. The number of aliphatic hydroxyl groups is 1. The van der Waals surface area contributed by atoms with Gasteiger partial charge in [0.25, 0.3) is 0 Å². The Morgan fingerprint density at radius 2 is 2.17 bits per heavy atom. The second-order valence-corrected chi connectivity index (χ2v) is 6.18. The van der Waals surface area contributed by atoms with Crippen LogP contribution in [0.1, 0.15) is 18.5 Å². The second-order valence-electron chi connectivity index (χ2n) is 6.18. The Kier molecular flexibility index (Phi) is 3.54. The summed E-state index contributed by atoms with van der Waals surface area (Å²) < 4.78 is 1.80. The number of anilines is 1. The maximum atomic E-state index is 11.9. The molecule has 1 saturated carbocycles. The number of hydrogen-bond acceptors (Lipinski definition) is 4. The molecule has 4 rings (SSSR count). The topological polar surface area (TPSA) is 80.0 Å². The van der Waals surface area contributed by atoms with Crippen molar-refractivity contribution in [3.05, 3.63) is 42.4 Å². The predicted octanol–water partition coefficient (Wildman–Crippen LogP) is 2.71. The van der Waals surface area contributed by atoms with Crippen molar-refractivity contribution in [3.63, 3.8) is 0 Å². The lowest BCUT2D eigenvalue weighted by molar-refractivity contribution is -0.117. The number of aliphatic hydroxyl groups excluding tert-OH is 1. The van der Waals surface area contributed by atoms with Crippen LogP contribution in [0.5, 0.6) is 0 Å². The highest BCUT2D eigenvalue weighted by atomic mass is 16.3. The van der Waals surface area contributed by atoms with Crippen molar-refractivity contribution < 1.29 is 9.90 Å². The van der Waals surface area contributed by atoms with Gasteiger partial charge in [0.05, 0.1) is 11.2 Å². The number of hydrogen-bond donors (Lipinski definition) is 2. The maximum absolute atomic E-state index is 11.9. The van der Waals surface area contributed by atoms with E-state index in [1.807, 2.05) is 31.2 Å². The highest BCUT2D eigenvalue weighted by molar-refractivity contribution is 5.95. The smallest absolute Gasteiger partial charge is 0.228 e. The Hall–Kier alpha value is -2.73. The molecule has 6 nitrogen and oxygen atoms in total. The lowest BCUT2D eigenvalue weighted by Crippen LogP contribution is -2.14. The minimum absolute atomic E-state index is 0.0222. The molecule has 0 unspecified atom stereocenters. The van der Waals surface area contributed by atoms with Gasteiger partial charge in [0.2, 0.25) is 5.91 Å². The summed E-state index contributed by atoms with van der Waals surface area (Å²) in [7, 11) is 0. The summed E-state index contributed by atoms with van der Waals surface area (Å²) in [4.78, 5) is 20.4. The first-order valence-electron chi connectivity index (χ1n) is 8.00. The molecule has 3 heterocycles. The number of aryl methyl sites for hydroxylation is 1. The van der Waals surface area contributed by atoms with E-state index in [0.717, 1.165) is 40.7 Å². The van der Waals surface area contributed by atoms with Crippen molar-refractivity contribution in [1.29, 1.82) is 0 Å². The zero-order valence-corrected chi connectivity index (χ0v) is 13.4. The zero-order valence-electron chi connectivity index (χ0n) is 13.4. The lowest BCUT2D eigenvalue weighted by atomic mass is 10.1. The van der Waals surface area contributed by atoms with Crippen LogP contribution in [0, 0.1) is 12.8 Å². The van der Waals surface area contributed by atoms with Crippen LogP contribution in [0.2, 0.25) is 0 Å². The van der Waals surface area contributed by atoms with E-state index in [4.69, 9.17) is 0 Å². The van der Waals surface area contributed by atoms with Crippen molar-refractivity contribution in [1.82, 2.24) is 14.5 Å². The minimum Gasteiger partial charge on any atom is -0.376 e. The molecule has 122 valence electrons. The van der Waals surface area contributed by atoms with Crippen LogP contribution in [0.15, 0.2) is 36.7 Å². The second kappa shape index (κ2) is 5.72. The Bertz CT molecular complexity index is 928. The van der Waals surface area contributed by atoms with E-state index in [1.54, 1.807) is 17.0 Å². The van der Waals surface area contributed by atoms with Gasteiger partial charge in [0.1, 0.15) is 12.5 Å². The number of carbonyl (C=O) groups excluding carboxylic acids is 1. The van der Waals surface area contributed by atoms with Crippen LogP contribution >= 0.6 is 0 Å². The fourth-order valence-corrected chi connectivity index (χ4v) is 2.89. The monoisotopic (exact) mass is 322 g/mol. The number of nitrogens with zero attached hydrogens (tertiary/aromatic N) is 3. The van der Waals surface area contributed by atoms with Gasteiger partial charge >= 0.3 is 0 Å². The number of fused-ring (bicyclic) bond motifs is 1. The molecule has 0 atom stereocenters. The molecular weight excluding hydrogens is 304 g/mol. The van der Waals surface area contributed by atoms with Crippen molar-refractivity contribution in [2.75, 3.05) is 5.32 Å². The molecule has 3 aromatic heterocycles. The molecule has 1 aliphatic carbocycles. The maximum Gasteiger partial charge on any atom is 0.228 e. The van der Waals surface area contributed by atoms with Crippen LogP contribution in [-0.4, -0.2) is 25.5 Å². The summed E-state index contributed by atoms with van der Waals surface area (Å²) >= 11 is 0. The molecule has 24 heavy (non-hydrogen) atoms. The quantitative estimate of drug-likeness (QED) is 0.774. The number of rotatable bonds is 4. The summed E-state index contributed by atoms with van der Waals surface area (Å²) in [6.45, 7) is 1.78. The number of pyridine rings is 2. The lowest BCUT2D eigenvalue weighted by Gasteiger charge is -2.09. The molecule has 0 aliphatic heterocycles. The Labute approximate surface area is 139 Å². The van der Waals surface area contributed by atoms with Crippen LogP contribution in [0.25, 0.3) is 22.2 Å². The summed E-state index contributed by atoms with van der Waals surface area (Å²) in [6.07, 6.45) is 5.38. The fourth-order valence-electron chi connectivity index (χ4n) is 2.89. The van der Waals surface area contributed by atoms with Crippen LogP contribution in [0.3, 0.4) is 0 Å². The molecule has 2 N–H and O–H groups in total. The number of nitrogens with one attached hydrogen (secondary N) is 1. The average Bonchev–Trinajstić information content (AvgIpc) is 3.36. The first-order valence-corrected chi connectivity index (χ1v) is 8.00. The van der Waals surface area contributed by atoms with Gasteiger partial charge in [-0.05, 0) is 38.0 Å². The average molecular weight is 322 g/mol. The standard InChI is InChI=1S/C18H18N4O2/c1-11-6-13(4-5-19-11)15-7-14-9-20-17(8-16(14)22(15)10-23)21-18(24)12-2-3-12/h4-9,12,23H,2-3,10H2,1H3,(H,20,21,24). The molecule has 0 bridgehead atoms. The van der Waals surface area contributed by atoms with Gasteiger partial charge in [-0.1, -0.05) is 0 Å². The van der Waals surface area contributed by atoms with E-state index < -0.39 is 0 Å². The molecule has 0 saturated heterocycles. The van der Waals surface area contributed by atoms with Gasteiger partial charge < -0.3 is 15.0 Å². The van der Waals surface area contributed by atoms with E-state index >= 15 is 0 Å². The summed E-state index contributed by atoms with van der Waals surface area (Å²) in [6, 6.07) is 7.68. The van der Waals surface area contributed by atoms with E-state index in [0.29, 0.717) is 5.82 Å². The van der Waals surface area contributed by atoms with Crippen molar-refractivity contribution in [2.45, 2.75) is 26.5 Å². The fraction of sp³-hybridized carbons (Fsp3) is 0.278. The van der Waals surface area contributed by atoms with Crippen LogP contribution in [-0.2, 0) is 11.5 Å². The van der Waals surface area contributed by atoms with E-state index in [-0.39, 0.29) is 18.6 Å². The molecular formula is C18H18N4O2. The van der Waals surface area contributed by atoms with E-state index in [2.05, 4.69) is 15.3 Å². The number of aromatic nitrogens is 3. The third kappa shape index (κ3) is 2.65. The first kappa shape index (κ1) is 14.8. The molecule has 1 fully saturated rings. The van der Waals surface area contributed by atoms with Gasteiger partial charge in [0, 0.05) is 41.0 Å². The van der Waals surface area contributed by atoms with Crippen LogP contribution < -0.4 is 5.32 Å².